The molecular formula is C6H3N4. The highest BCUT2D eigenvalue weighted by Crippen LogP contribution is 2.01. The fourth-order valence-electron chi connectivity index (χ4n) is 0.699. The van der Waals surface area contributed by atoms with Crippen molar-refractivity contribution in [1.82, 2.24) is 20.4 Å². The molecule has 1 radical (unpaired) electrons. The van der Waals surface area contributed by atoms with Gasteiger partial charge in [-0.25, -0.2) is 0 Å². The molecule has 4 nitrogen and oxygen atoms in total. The summed E-state index contributed by atoms with van der Waals surface area (Å²) in [4.78, 5) is 0. The van der Waals surface area contributed by atoms with Gasteiger partial charge in [0, 0.05) is 5.39 Å². The molecule has 2 heterocycles. The molecule has 2 aromatic heterocycles. The van der Waals surface area contributed by atoms with Gasteiger partial charge >= 0.3 is 0 Å². The van der Waals surface area contributed by atoms with E-state index in [1.54, 1.807) is 12.3 Å². The minimum Gasteiger partial charge on any atom is -0.157 e. The maximum Gasteiger partial charge on any atom is 0.203 e. The monoisotopic (exact) mass is 131 g/mol. The summed E-state index contributed by atoms with van der Waals surface area (Å²) in [6, 6.07) is 3.53. The van der Waals surface area contributed by atoms with Gasteiger partial charge < -0.3 is 0 Å². The summed E-state index contributed by atoms with van der Waals surface area (Å²) in [5.74, 6) is 0. The molecule has 0 saturated carbocycles. The molecule has 0 fully saturated rings. The zero-order valence-corrected chi connectivity index (χ0v) is 5.02. The molecule has 47 valence electrons. The van der Waals surface area contributed by atoms with Gasteiger partial charge in [-0.1, -0.05) is 0 Å². The van der Waals surface area contributed by atoms with Gasteiger partial charge in [-0.3, -0.25) is 0 Å². The van der Waals surface area contributed by atoms with Crippen molar-refractivity contribution in [2.75, 3.05) is 0 Å². The fraction of sp³-hybridized carbons (Fsp3) is 0. The number of hydrogen-bond acceptors (Lipinski definition) is 4. The highest BCUT2D eigenvalue weighted by atomic mass is 15.2. The third kappa shape index (κ3) is 0.699. The molecule has 2 rings (SSSR count). The molecule has 0 N–H and O–H groups in total. The van der Waals surface area contributed by atoms with Crippen LogP contribution in [-0.2, 0) is 0 Å². The molecule has 2 aromatic rings. The lowest BCUT2D eigenvalue weighted by molar-refractivity contribution is 0.984. The predicted octanol–water partition coefficient (Wildman–Crippen LogP) is 0.220. The topological polar surface area (TPSA) is 51.6 Å². The van der Waals surface area contributed by atoms with Gasteiger partial charge in [-0.2, -0.15) is 5.10 Å². The Labute approximate surface area is 56.9 Å². The lowest BCUT2D eigenvalue weighted by Crippen LogP contribution is -1.87. The maximum absolute atomic E-state index is 3.74. The number of fused-ring (bicyclic) bond motifs is 1. The largest absolute Gasteiger partial charge is 0.203 e. The molecule has 0 aliphatic heterocycles. The van der Waals surface area contributed by atoms with Gasteiger partial charge in [-0.05, 0) is 12.1 Å². The van der Waals surface area contributed by atoms with Gasteiger partial charge in [0.15, 0.2) is 0 Å². The predicted molar refractivity (Wildman–Crippen MR) is 34.0 cm³/mol. The van der Waals surface area contributed by atoms with E-state index in [4.69, 9.17) is 0 Å². The third-order valence-corrected chi connectivity index (χ3v) is 1.15. The maximum atomic E-state index is 3.74. The van der Waals surface area contributed by atoms with Gasteiger partial charge in [0.05, 0.1) is 6.20 Å². The Bertz CT molecular complexity index is 281. The molecule has 0 aromatic carbocycles. The third-order valence-electron chi connectivity index (χ3n) is 1.15. The second-order valence-corrected chi connectivity index (χ2v) is 1.78. The van der Waals surface area contributed by atoms with Gasteiger partial charge in [0.2, 0.25) is 5.65 Å². The molecule has 0 unspecified atom stereocenters. The van der Waals surface area contributed by atoms with Crippen molar-refractivity contribution >= 4 is 11.0 Å². The minimum atomic E-state index is 0.557. The van der Waals surface area contributed by atoms with Crippen LogP contribution in [0.4, 0.5) is 0 Å². The van der Waals surface area contributed by atoms with Crippen LogP contribution in [0.2, 0.25) is 0 Å². The first-order chi connectivity index (χ1) is 4.97. The summed E-state index contributed by atoms with van der Waals surface area (Å²) in [7, 11) is 0. The summed E-state index contributed by atoms with van der Waals surface area (Å²) in [5.41, 5.74) is 0.557. The van der Waals surface area contributed by atoms with Crippen LogP contribution in [-0.4, -0.2) is 20.4 Å². The van der Waals surface area contributed by atoms with Crippen LogP contribution in [0.5, 0.6) is 0 Å². The molecule has 4 heteroatoms. The van der Waals surface area contributed by atoms with Gasteiger partial charge in [0.1, 0.15) is 6.20 Å². The lowest BCUT2D eigenvalue weighted by atomic mass is 10.3. The first-order valence-electron chi connectivity index (χ1n) is 2.78. The quantitative estimate of drug-likeness (QED) is 0.513. The molecule has 10 heavy (non-hydrogen) atoms. The van der Waals surface area contributed by atoms with E-state index < -0.39 is 0 Å². The Morgan fingerprint density at radius 3 is 3.20 bits per heavy atom. The second kappa shape index (κ2) is 1.98. The van der Waals surface area contributed by atoms with Crippen molar-refractivity contribution in [2.45, 2.75) is 0 Å². The van der Waals surface area contributed by atoms with Crippen LogP contribution >= 0.6 is 0 Å². The zero-order chi connectivity index (χ0) is 6.81. The fourth-order valence-corrected chi connectivity index (χ4v) is 0.699. The summed E-state index contributed by atoms with van der Waals surface area (Å²) < 4.78 is 0. The molecule has 0 amide bonds. The number of aromatic nitrogens is 4. The van der Waals surface area contributed by atoms with E-state index in [0.29, 0.717) is 5.65 Å². The highest BCUT2D eigenvalue weighted by molar-refractivity contribution is 5.71. The molecule has 0 aliphatic carbocycles. The highest BCUT2D eigenvalue weighted by Gasteiger charge is 1.91. The molecule has 0 saturated heterocycles. The summed E-state index contributed by atoms with van der Waals surface area (Å²) in [6.45, 7) is 0. The van der Waals surface area contributed by atoms with Crippen LogP contribution in [0.15, 0.2) is 18.3 Å². The summed E-state index contributed by atoms with van der Waals surface area (Å²) in [5, 5.41) is 15.5. The average Bonchev–Trinajstić information content (AvgIpc) is 2.05. The Balaban J connectivity index is 2.89. The standard InChI is InChI=1S/C6H3N4/c1-3-7-9-6-5(1)2-4-8-10-6/h1-3H. The van der Waals surface area contributed by atoms with E-state index >= 15 is 0 Å². The Morgan fingerprint density at radius 1 is 1.30 bits per heavy atom. The summed E-state index contributed by atoms with van der Waals surface area (Å²) in [6.07, 6.45) is 4.22. The van der Waals surface area contributed by atoms with Crippen molar-refractivity contribution in [3.8, 4) is 0 Å². The van der Waals surface area contributed by atoms with Crippen LogP contribution < -0.4 is 0 Å². The first kappa shape index (κ1) is 5.22. The van der Waals surface area contributed by atoms with Gasteiger partial charge in [-0.15, -0.1) is 15.3 Å². The Hall–Kier alpha value is -1.58. The minimum absolute atomic E-state index is 0.557. The van der Waals surface area contributed by atoms with Crippen molar-refractivity contribution < 1.29 is 0 Å². The van der Waals surface area contributed by atoms with Crippen LogP contribution in [0.1, 0.15) is 0 Å². The number of nitrogens with zero attached hydrogens (tertiary/aromatic N) is 4. The van der Waals surface area contributed by atoms with Crippen molar-refractivity contribution in [3.63, 3.8) is 0 Å². The zero-order valence-electron chi connectivity index (χ0n) is 5.02. The SMILES string of the molecule is [c]1cc2ccnnc2nn1. The van der Waals surface area contributed by atoms with Crippen LogP contribution in [0.3, 0.4) is 0 Å². The van der Waals surface area contributed by atoms with E-state index in [9.17, 15) is 0 Å². The van der Waals surface area contributed by atoms with E-state index in [-0.39, 0.29) is 0 Å². The molecule has 0 aliphatic rings. The van der Waals surface area contributed by atoms with E-state index in [1.165, 1.54) is 0 Å². The van der Waals surface area contributed by atoms with Crippen molar-refractivity contribution in [1.29, 1.82) is 0 Å². The van der Waals surface area contributed by atoms with Crippen molar-refractivity contribution in [3.05, 3.63) is 24.5 Å². The second-order valence-electron chi connectivity index (χ2n) is 1.78. The van der Waals surface area contributed by atoms with Crippen LogP contribution in [0, 0.1) is 6.20 Å². The summed E-state index contributed by atoms with van der Waals surface area (Å²) >= 11 is 0. The van der Waals surface area contributed by atoms with E-state index in [1.807, 2.05) is 6.07 Å². The number of hydrogen-bond donors (Lipinski definition) is 0. The smallest absolute Gasteiger partial charge is 0.157 e. The lowest BCUT2D eigenvalue weighted by Gasteiger charge is -1.87. The molecule has 0 atom stereocenters. The molecular weight excluding hydrogens is 128 g/mol. The average molecular weight is 131 g/mol. The molecule has 0 spiro atoms. The normalized spacial score (nSPS) is 10.0. The van der Waals surface area contributed by atoms with Gasteiger partial charge in [0.25, 0.3) is 0 Å². The Morgan fingerprint density at radius 2 is 2.30 bits per heavy atom. The van der Waals surface area contributed by atoms with E-state index in [2.05, 4.69) is 26.6 Å². The first-order valence-corrected chi connectivity index (χ1v) is 2.78. The number of rotatable bonds is 0. The van der Waals surface area contributed by atoms with Crippen molar-refractivity contribution in [2.24, 2.45) is 0 Å². The van der Waals surface area contributed by atoms with E-state index in [0.717, 1.165) is 5.39 Å². The Kier molecular flexibility index (Phi) is 1.04. The molecule has 0 bridgehead atoms. The van der Waals surface area contributed by atoms with Crippen LogP contribution in [0.25, 0.3) is 11.0 Å².